The van der Waals surface area contributed by atoms with Crippen LogP contribution >= 0.6 is 35.6 Å². The van der Waals surface area contributed by atoms with Gasteiger partial charge in [0.15, 0.2) is 4.32 Å². The third kappa shape index (κ3) is 4.13. The lowest BCUT2D eigenvalue weighted by atomic mass is 10.1. The van der Waals surface area contributed by atoms with Crippen molar-refractivity contribution < 1.29 is 14.5 Å². The van der Waals surface area contributed by atoms with Gasteiger partial charge in [-0.1, -0.05) is 35.6 Å². The van der Waals surface area contributed by atoms with Crippen molar-refractivity contribution in [3.05, 3.63) is 68.1 Å². The minimum atomic E-state index is -0.498. The molecule has 2 aromatic carbocycles. The van der Waals surface area contributed by atoms with E-state index in [9.17, 15) is 14.9 Å². The molecule has 0 atom stereocenters. The maximum absolute atomic E-state index is 12.8. The van der Waals surface area contributed by atoms with E-state index in [0.29, 0.717) is 37.9 Å². The molecular weight excluding hydrogens is 408 g/mol. The molecule has 3 rings (SSSR count). The van der Waals surface area contributed by atoms with E-state index in [1.807, 2.05) is 6.92 Å². The topological polar surface area (TPSA) is 72.7 Å². The monoisotopic (exact) mass is 420 g/mol. The number of thioether (sulfide) groups is 1. The third-order valence-corrected chi connectivity index (χ3v) is 5.21. The number of thiocarbonyl (C=S) groups is 1. The van der Waals surface area contributed by atoms with Crippen molar-refractivity contribution in [2.45, 2.75) is 6.92 Å². The molecule has 0 radical (unpaired) electrons. The molecule has 0 saturated carbocycles. The van der Waals surface area contributed by atoms with Crippen LogP contribution in [0.15, 0.2) is 47.4 Å². The van der Waals surface area contributed by atoms with Crippen molar-refractivity contribution in [1.29, 1.82) is 0 Å². The summed E-state index contributed by atoms with van der Waals surface area (Å²) in [7, 11) is 0. The van der Waals surface area contributed by atoms with Gasteiger partial charge in [-0.3, -0.25) is 19.8 Å². The van der Waals surface area contributed by atoms with Gasteiger partial charge in [0, 0.05) is 22.7 Å². The number of hydrogen-bond acceptors (Lipinski definition) is 6. The average Bonchev–Trinajstić information content (AvgIpc) is 2.91. The van der Waals surface area contributed by atoms with Gasteiger partial charge in [0.25, 0.3) is 11.6 Å². The highest BCUT2D eigenvalue weighted by atomic mass is 35.5. The first kappa shape index (κ1) is 19.3. The lowest BCUT2D eigenvalue weighted by Crippen LogP contribution is -2.27. The number of nitrogens with zero attached hydrogens (tertiary/aromatic N) is 2. The molecule has 0 aliphatic carbocycles. The first-order chi connectivity index (χ1) is 12.9. The van der Waals surface area contributed by atoms with Crippen molar-refractivity contribution >= 4 is 63.3 Å². The summed E-state index contributed by atoms with van der Waals surface area (Å²) in [5.41, 5.74) is 1.09. The van der Waals surface area contributed by atoms with Crippen molar-refractivity contribution in [3.63, 3.8) is 0 Å². The highest BCUT2D eigenvalue weighted by Crippen LogP contribution is 2.38. The number of hydrogen-bond donors (Lipinski definition) is 0. The number of ether oxygens (including phenoxy) is 1. The van der Waals surface area contributed by atoms with Crippen LogP contribution in [0.25, 0.3) is 6.08 Å². The molecule has 6 nitrogen and oxygen atoms in total. The number of benzene rings is 2. The van der Waals surface area contributed by atoms with Gasteiger partial charge in [-0.25, -0.2) is 0 Å². The predicted octanol–water partition coefficient (Wildman–Crippen LogP) is 5.05. The number of carbonyl (C=O) groups is 1. The molecule has 1 aliphatic rings. The first-order valence-corrected chi connectivity index (χ1v) is 9.45. The standard InChI is InChI=1S/C18H13ClN2O4S2/c1-2-25-15-8-3-12(19)9-11(15)10-16-17(22)20(18(26)27-16)13-4-6-14(7-5-13)21(23)24/h3-10H,2H2,1H3/b16-10-. The molecule has 138 valence electrons. The van der Waals surface area contributed by atoms with Crippen molar-refractivity contribution in [2.24, 2.45) is 0 Å². The second kappa shape index (κ2) is 8.08. The summed E-state index contributed by atoms with van der Waals surface area (Å²) in [6, 6.07) is 10.8. The number of rotatable bonds is 5. The Hall–Kier alpha value is -2.42. The second-order valence-electron chi connectivity index (χ2n) is 5.41. The molecule has 9 heteroatoms. The third-order valence-electron chi connectivity index (χ3n) is 3.67. The van der Waals surface area contributed by atoms with E-state index in [0.717, 1.165) is 11.8 Å². The maximum atomic E-state index is 12.8. The quantitative estimate of drug-likeness (QED) is 0.291. The molecule has 0 N–H and O–H groups in total. The molecule has 0 bridgehead atoms. The fourth-order valence-corrected chi connectivity index (χ4v) is 3.94. The molecule has 1 aliphatic heterocycles. The molecule has 2 aromatic rings. The van der Waals surface area contributed by atoms with Crippen LogP contribution in [-0.4, -0.2) is 21.8 Å². The van der Waals surface area contributed by atoms with E-state index in [4.69, 9.17) is 28.6 Å². The Morgan fingerprint density at radius 1 is 1.30 bits per heavy atom. The number of halogens is 1. The minimum Gasteiger partial charge on any atom is -0.493 e. The van der Waals surface area contributed by atoms with E-state index < -0.39 is 4.92 Å². The van der Waals surface area contributed by atoms with Gasteiger partial charge in [0.2, 0.25) is 0 Å². The molecule has 1 fully saturated rings. The molecule has 1 amide bonds. The Labute approximate surface area is 169 Å². The summed E-state index contributed by atoms with van der Waals surface area (Å²) in [5.74, 6) is 0.309. The van der Waals surface area contributed by atoms with E-state index in [1.54, 1.807) is 24.3 Å². The van der Waals surface area contributed by atoms with Crippen LogP contribution in [0.1, 0.15) is 12.5 Å². The summed E-state index contributed by atoms with van der Waals surface area (Å²) in [4.78, 5) is 24.9. The van der Waals surface area contributed by atoms with Gasteiger partial charge in [-0.15, -0.1) is 0 Å². The smallest absolute Gasteiger partial charge is 0.270 e. The number of nitro groups is 1. The Kier molecular flexibility index (Phi) is 5.79. The van der Waals surface area contributed by atoms with E-state index in [2.05, 4.69) is 0 Å². The molecule has 1 heterocycles. The lowest BCUT2D eigenvalue weighted by Gasteiger charge is -2.14. The first-order valence-electron chi connectivity index (χ1n) is 7.85. The largest absolute Gasteiger partial charge is 0.493 e. The average molecular weight is 421 g/mol. The minimum absolute atomic E-state index is 0.0555. The number of anilines is 1. The van der Waals surface area contributed by atoms with Crippen molar-refractivity contribution in [1.82, 2.24) is 0 Å². The van der Waals surface area contributed by atoms with E-state index in [1.165, 1.54) is 29.2 Å². The fourth-order valence-electron chi connectivity index (χ4n) is 2.47. The fraction of sp³-hybridized carbons (Fsp3) is 0.111. The van der Waals surface area contributed by atoms with Crippen LogP contribution in [0.3, 0.4) is 0 Å². The van der Waals surface area contributed by atoms with Gasteiger partial charge in [-0.2, -0.15) is 0 Å². The molecule has 0 aromatic heterocycles. The van der Waals surface area contributed by atoms with Crippen molar-refractivity contribution in [3.8, 4) is 5.75 Å². The maximum Gasteiger partial charge on any atom is 0.270 e. The molecular formula is C18H13ClN2O4S2. The second-order valence-corrected chi connectivity index (χ2v) is 7.52. The molecule has 0 unspecified atom stereocenters. The zero-order chi connectivity index (χ0) is 19.6. The Morgan fingerprint density at radius 2 is 2.00 bits per heavy atom. The predicted molar refractivity (Wildman–Crippen MR) is 111 cm³/mol. The van der Waals surface area contributed by atoms with Gasteiger partial charge in [0.1, 0.15) is 5.75 Å². The Balaban J connectivity index is 1.93. The Bertz CT molecular complexity index is 960. The number of carbonyl (C=O) groups excluding carboxylic acids is 1. The summed E-state index contributed by atoms with van der Waals surface area (Å²) in [5, 5.41) is 11.3. The van der Waals surface area contributed by atoms with Crippen LogP contribution in [0.5, 0.6) is 5.75 Å². The summed E-state index contributed by atoms with van der Waals surface area (Å²) >= 11 is 12.5. The Morgan fingerprint density at radius 3 is 2.63 bits per heavy atom. The van der Waals surface area contributed by atoms with Crippen LogP contribution < -0.4 is 9.64 Å². The normalized spacial score (nSPS) is 15.5. The van der Waals surface area contributed by atoms with Gasteiger partial charge in [0.05, 0.1) is 22.1 Å². The highest BCUT2D eigenvalue weighted by molar-refractivity contribution is 8.27. The SMILES string of the molecule is CCOc1ccc(Cl)cc1/C=C1\SC(=S)N(c2ccc([N+](=O)[O-])cc2)C1=O. The lowest BCUT2D eigenvalue weighted by molar-refractivity contribution is -0.384. The highest BCUT2D eigenvalue weighted by Gasteiger charge is 2.33. The number of non-ortho nitro benzene ring substituents is 1. The number of nitro benzene ring substituents is 1. The number of amides is 1. The van der Waals surface area contributed by atoms with Gasteiger partial charge < -0.3 is 4.74 Å². The zero-order valence-electron chi connectivity index (χ0n) is 14.0. The molecule has 1 saturated heterocycles. The van der Waals surface area contributed by atoms with Crippen LogP contribution in [0.4, 0.5) is 11.4 Å². The zero-order valence-corrected chi connectivity index (χ0v) is 16.4. The summed E-state index contributed by atoms with van der Waals surface area (Å²) in [6.45, 7) is 2.35. The molecule has 0 spiro atoms. The van der Waals surface area contributed by atoms with E-state index >= 15 is 0 Å². The van der Waals surface area contributed by atoms with Gasteiger partial charge >= 0.3 is 0 Å². The van der Waals surface area contributed by atoms with Crippen LogP contribution in [0.2, 0.25) is 5.02 Å². The van der Waals surface area contributed by atoms with Crippen LogP contribution in [0, 0.1) is 10.1 Å². The summed E-state index contributed by atoms with van der Waals surface area (Å²) < 4.78 is 5.92. The summed E-state index contributed by atoms with van der Waals surface area (Å²) in [6.07, 6.45) is 1.68. The van der Waals surface area contributed by atoms with Gasteiger partial charge in [-0.05, 0) is 43.3 Å². The van der Waals surface area contributed by atoms with Crippen LogP contribution in [-0.2, 0) is 4.79 Å². The van der Waals surface area contributed by atoms with E-state index in [-0.39, 0.29) is 11.6 Å². The molecule has 27 heavy (non-hydrogen) atoms. The van der Waals surface area contributed by atoms with Crippen molar-refractivity contribution in [2.75, 3.05) is 11.5 Å².